The van der Waals surface area contributed by atoms with Crippen LogP contribution in [-0.4, -0.2) is 26.6 Å². The number of benzene rings is 2. The molecule has 3 rings (SSSR count). The third-order valence-electron chi connectivity index (χ3n) is 4.43. The molecule has 0 bridgehead atoms. The minimum atomic E-state index is 0. The number of aryl methyl sites for hydroxylation is 2. The van der Waals surface area contributed by atoms with Crippen LogP contribution in [0.25, 0.3) is 0 Å². The van der Waals surface area contributed by atoms with Crippen LogP contribution in [0.2, 0.25) is 0 Å². The smallest absolute Gasteiger partial charge is 1.00 e. The minimum absolute atomic E-state index is 0. The van der Waals surface area contributed by atoms with Gasteiger partial charge in [-0.1, -0.05) is 6.07 Å². The van der Waals surface area contributed by atoms with Crippen molar-refractivity contribution in [3.05, 3.63) is 77.1 Å². The zero-order valence-electron chi connectivity index (χ0n) is 17.5. The molecule has 0 aliphatic heterocycles. The molecule has 2 N–H and O–H groups in total. The fourth-order valence-corrected chi connectivity index (χ4v) is 2.84. The van der Waals surface area contributed by atoms with Gasteiger partial charge in [-0.15, -0.1) is 0 Å². The van der Waals surface area contributed by atoms with E-state index in [-0.39, 0.29) is 53.4 Å². The van der Waals surface area contributed by atoms with Gasteiger partial charge in [0.25, 0.3) is 0 Å². The Hall–Kier alpha value is -2.37. The maximum absolute atomic E-state index is 9.55. The van der Waals surface area contributed by atoms with Crippen molar-refractivity contribution in [1.29, 1.82) is 0 Å². The SMILES string of the molecule is CC(=Nc1ccc(O)cc1C)c1cccc(C(C)=Nc2ccc(O)cc2C)n1.[Cl-].[Cl-].[Fe+2]. The zero-order valence-corrected chi connectivity index (χ0v) is 20.2. The molecule has 8 heteroatoms. The number of hydrogen-bond donors (Lipinski definition) is 2. The molecule has 0 atom stereocenters. The van der Waals surface area contributed by atoms with Gasteiger partial charge in [-0.05, 0) is 87.4 Å². The number of aromatic nitrogens is 1. The summed E-state index contributed by atoms with van der Waals surface area (Å²) in [5.74, 6) is 0.455. The van der Waals surface area contributed by atoms with E-state index in [2.05, 4.69) is 9.98 Å². The van der Waals surface area contributed by atoms with E-state index >= 15 is 0 Å². The van der Waals surface area contributed by atoms with Crippen LogP contribution >= 0.6 is 0 Å². The van der Waals surface area contributed by atoms with Crippen molar-refractivity contribution in [2.24, 2.45) is 9.98 Å². The molecule has 31 heavy (non-hydrogen) atoms. The molecule has 5 nitrogen and oxygen atoms in total. The molecule has 1 heterocycles. The molecular weight excluding hydrogens is 477 g/mol. The Balaban J connectivity index is 0.00000300. The molecule has 1 aromatic heterocycles. The van der Waals surface area contributed by atoms with E-state index in [0.29, 0.717) is 0 Å². The summed E-state index contributed by atoms with van der Waals surface area (Å²) in [4.78, 5) is 14.0. The van der Waals surface area contributed by atoms with Crippen LogP contribution in [0.1, 0.15) is 36.4 Å². The summed E-state index contributed by atoms with van der Waals surface area (Å²) in [5.41, 5.74) is 6.49. The Kier molecular flexibility index (Phi) is 11.5. The summed E-state index contributed by atoms with van der Waals surface area (Å²) in [6.07, 6.45) is 0. The van der Waals surface area contributed by atoms with Crippen LogP contribution in [0.15, 0.2) is 64.6 Å². The Labute approximate surface area is 205 Å². The van der Waals surface area contributed by atoms with Gasteiger partial charge in [0.1, 0.15) is 11.5 Å². The van der Waals surface area contributed by atoms with E-state index in [1.165, 1.54) is 0 Å². The van der Waals surface area contributed by atoms with Gasteiger partial charge in [0.15, 0.2) is 0 Å². The number of hydrogen-bond acceptors (Lipinski definition) is 5. The molecule has 0 aliphatic rings. The Bertz CT molecular complexity index is 1020. The number of halogens is 2. The first kappa shape index (κ1) is 28.6. The number of pyridine rings is 1. The van der Waals surface area contributed by atoms with Crippen LogP contribution < -0.4 is 24.8 Å². The summed E-state index contributed by atoms with van der Waals surface area (Å²) >= 11 is 0. The third kappa shape index (κ3) is 7.37. The van der Waals surface area contributed by atoms with Crippen LogP contribution in [0.5, 0.6) is 11.5 Å². The first-order valence-corrected chi connectivity index (χ1v) is 9.01. The van der Waals surface area contributed by atoms with Gasteiger partial charge >= 0.3 is 17.1 Å². The van der Waals surface area contributed by atoms with Crippen LogP contribution in [0.3, 0.4) is 0 Å². The second-order valence-electron chi connectivity index (χ2n) is 6.74. The van der Waals surface area contributed by atoms with Crippen molar-refractivity contribution in [2.45, 2.75) is 27.7 Å². The molecular formula is C23H23Cl2FeN3O2. The maximum Gasteiger partial charge on any atom is 2.00 e. The maximum atomic E-state index is 9.55. The predicted molar refractivity (Wildman–Crippen MR) is 114 cm³/mol. The van der Waals surface area contributed by atoms with Crippen molar-refractivity contribution < 1.29 is 52.1 Å². The molecule has 3 aromatic rings. The molecule has 0 unspecified atom stereocenters. The van der Waals surface area contributed by atoms with Crippen LogP contribution in [-0.2, 0) is 17.1 Å². The van der Waals surface area contributed by atoms with Gasteiger partial charge in [-0.25, -0.2) is 4.98 Å². The average molecular weight is 500 g/mol. The quantitative estimate of drug-likeness (QED) is 0.371. The number of nitrogens with zero attached hydrogens (tertiary/aromatic N) is 3. The molecule has 0 saturated heterocycles. The fraction of sp³-hybridized carbons (Fsp3) is 0.174. The van der Waals surface area contributed by atoms with Gasteiger partial charge in [0.2, 0.25) is 0 Å². The number of rotatable bonds is 4. The van der Waals surface area contributed by atoms with Gasteiger partial charge < -0.3 is 35.0 Å². The van der Waals surface area contributed by atoms with E-state index in [1.54, 1.807) is 36.4 Å². The predicted octanol–water partition coefficient (Wildman–Crippen LogP) is -0.603. The van der Waals surface area contributed by atoms with E-state index in [1.807, 2.05) is 45.9 Å². The Morgan fingerprint density at radius 3 is 1.45 bits per heavy atom. The second-order valence-corrected chi connectivity index (χ2v) is 6.74. The Morgan fingerprint density at radius 1 is 0.710 bits per heavy atom. The molecule has 164 valence electrons. The van der Waals surface area contributed by atoms with Gasteiger partial charge in [0, 0.05) is 0 Å². The fourth-order valence-electron chi connectivity index (χ4n) is 2.84. The van der Waals surface area contributed by atoms with Crippen molar-refractivity contribution in [1.82, 2.24) is 4.98 Å². The molecule has 0 aliphatic carbocycles. The van der Waals surface area contributed by atoms with Crippen LogP contribution in [0.4, 0.5) is 11.4 Å². The van der Waals surface area contributed by atoms with E-state index < -0.39 is 0 Å². The summed E-state index contributed by atoms with van der Waals surface area (Å²) in [5, 5.41) is 19.1. The number of aliphatic imine (C=N–C) groups is 2. The van der Waals surface area contributed by atoms with Gasteiger partial charge in [-0.2, -0.15) is 0 Å². The second kappa shape index (κ2) is 12.5. The van der Waals surface area contributed by atoms with E-state index in [9.17, 15) is 10.2 Å². The van der Waals surface area contributed by atoms with Gasteiger partial charge in [0.05, 0.1) is 34.2 Å². The molecule has 0 fully saturated rings. The van der Waals surface area contributed by atoms with Crippen molar-refractivity contribution in [3.8, 4) is 11.5 Å². The third-order valence-corrected chi connectivity index (χ3v) is 4.43. The zero-order chi connectivity index (χ0) is 20.3. The van der Waals surface area contributed by atoms with Crippen molar-refractivity contribution in [2.75, 3.05) is 0 Å². The van der Waals surface area contributed by atoms with Crippen molar-refractivity contribution in [3.63, 3.8) is 0 Å². The van der Waals surface area contributed by atoms with E-state index in [4.69, 9.17) is 4.98 Å². The summed E-state index contributed by atoms with van der Waals surface area (Å²) in [6.45, 7) is 7.64. The summed E-state index contributed by atoms with van der Waals surface area (Å²) in [6, 6.07) is 16.0. The molecule has 0 amide bonds. The summed E-state index contributed by atoms with van der Waals surface area (Å²) in [7, 11) is 0. The number of aromatic hydroxyl groups is 2. The van der Waals surface area contributed by atoms with Gasteiger partial charge in [-0.3, -0.25) is 9.98 Å². The van der Waals surface area contributed by atoms with Crippen LogP contribution in [0, 0.1) is 13.8 Å². The largest absolute Gasteiger partial charge is 2.00 e. The standard InChI is InChI=1S/C23H23N3O2.2ClH.Fe/c1-14-12-18(27)8-10-20(14)24-16(3)22-6-5-7-23(26-22)17(4)25-21-11-9-19(28)13-15(21)2;;;/h5-13,27-28H,1-4H3;2*1H;/q;;;+2/p-2. The first-order chi connectivity index (χ1) is 13.3. The molecule has 0 saturated carbocycles. The monoisotopic (exact) mass is 499 g/mol. The molecule has 2 aromatic carbocycles. The topological polar surface area (TPSA) is 78.1 Å². The number of phenols is 2. The Morgan fingerprint density at radius 2 is 1.10 bits per heavy atom. The number of phenolic OH excluding ortho intramolecular Hbond substituents is 2. The summed E-state index contributed by atoms with van der Waals surface area (Å²) < 4.78 is 0. The average Bonchev–Trinajstić information content (AvgIpc) is 2.66. The van der Waals surface area contributed by atoms with E-state index in [0.717, 1.165) is 45.3 Å². The molecule has 0 radical (unpaired) electrons. The first-order valence-electron chi connectivity index (χ1n) is 9.01. The minimum Gasteiger partial charge on any atom is -1.00 e. The molecule has 0 spiro atoms. The van der Waals surface area contributed by atoms with Crippen molar-refractivity contribution >= 4 is 22.8 Å². The normalized spacial score (nSPS) is 11.1.